The topological polar surface area (TPSA) is 71.1 Å². The average Bonchev–Trinajstić information content (AvgIpc) is 2.56. The number of hydrogen-bond acceptors (Lipinski definition) is 4. The summed E-state index contributed by atoms with van der Waals surface area (Å²) in [5, 5.41) is 5.60. The second-order valence-electron chi connectivity index (χ2n) is 5.05. The van der Waals surface area contributed by atoms with Gasteiger partial charge in [0, 0.05) is 24.6 Å². The Balaban J connectivity index is 1.63. The fourth-order valence-electron chi connectivity index (χ4n) is 1.82. The molecular weight excluding hydrogens is 310 g/mol. The number of pyridine rings is 1. The van der Waals surface area contributed by atoms with E-state index in [2.05, 4.69) is 15.6 Å². The van der Waals surface area contributed by atoms with Crippen LogP contribution in [0.2, 0.25) is 0 Å². The van der Waals surface area contributed by atoms with Gasteiger partial charge in [-0.2, -0.15) is 0 Å². The molecule has 2 N–H and O–H groups in total. The number of carbonyl (C=O) groups excluding carboxylic acids is 2. The minimum absolute atomic E-state index is 0.0954. The lowest BCUT2D eigenvalue weighted by atomic mass is 10.2. The summed E-state index contributed by atoms with van der Waals surface area (Å²) in [5.74, 6) is 0.288. The fourth-order valence-corrected chi connectivity index (χ4v) is 2.47. The lowest BCUT2D eigenvalue weighted by Crippen LogP contribution is -2.25. The Bertz CT molecular complexity index is 645. The van der Waals surface area contributed by atoms with Crippen molar-refractivity contribution in [3.63, 3.8) is 0 Å². The van der Waals surface area contributed by atoms with E-state index in [0.29, 0.717) is 6.54 Å². The molecule has 0 spiro atoms. The molecule has 2 aromatic rings. The molecule has 0 radical (unpaired) electrons. The van der Waals surface area contributed by atoms with E-state index in [9.17, 15) is 9.59 Å². The van der Waals surface area contributed by atoms with E-state index >= 15 is 0 Å². The van der Waals surface area contributed by atoms with Crippen molar-refractivity contribution in [2.45, 2.75) is 13.5 Å². The highest BCUT2D eigenvalue weighted by atomic mass is 32.2. The number of aromatic nitrogens is 1. The number of nitrogens with zero attached hydrogens (tertiary/aromatic N) is 1. The first kappa shape index (κ1) is 17.0. The van der Waals surface area contributed by atoms with Crippen molar-refractivity contribution < 1.29 is 9.59 Å². The van der Waals surface area contributed by atoms with E-state index in [-0.39, 0.29) is 23.3 Å². The SMILES string of the molecule is Cc1ccc(NC(=O)CSCC(=O)NCc2cccnc2)cc1. The van der Waals surface area contributed by atoms with Crippen molar-refractivity contribution >= 4 is 29.3 Å². The summed E-state index contributed by atoms with van der Waals surface area (Å²) in [6.07, 6.45) is 3.40. The maximum absolute atomic E-state index is 11.8. The van der Waals surface area contributed by atoms with Gasteiger partial charge in [-0.25, -0.2) is 0 Å². The molecule has 1 aromatic heterocycles. The van der Waals surface area contributed by atoms with E-state index < -0.39 is 0 Å². The highest BCUT2D eigenvalue weighted by molar-refractivity contribution is 8.00. The molecule has 120 valence electrons. The molecule has 0 unspecified atom stereocenters. The summed E-state index contributed by atoms with van der Waals surface area (Å²) < 4.78 is 0. The largest absolute Gasteiger partial charge is 0.351 e. The van der Waals surface area contributed by atoms with Crippen LogP contribution in [0.1, 0.15) is 11.1 Å². The Morgan fingerprint density at radius 1 is 1.09 bits per heavy atom. The minimum atomic E-state index is -0.112. The molecule has 1 heterocycles. The molecule has 2 amide bonds. The molecule has 1 aromatic carbocycles. The number of amides is 2. The average molecular weight is 329 g/mol. The van der Waals surface area contributed by atoms with Gasteiger partial charge >= 0.3 is 0 Å². The third-order valence-corrected chi connectivity index (χ3v) is 3.95. The van der Waals surface area contributed by atoms with Crippen LogP contribution in [-0.4, -0.2) is 28.3 Å². The molecular formula is C17H19N3O2S. The van der Waals surface area contributed by atoms with E-state index in [4.69, 9.17) is 0 Å². The van der Waals surface area contributed by atoms with Crippen LogP contribution in [-0.2, 0) is 16.1 Å². The predicted octanol–water partition coefficient (Wildman–Crippen LogP) is 2.38. The van der Waals surface area contributed by atoms with Gasteiger partial charge in [0.05, 0.1) is 11.5 Å². The van der Waals surface area contributed by atoms with Crippen LogP contribution in [0.25, 0.3) is 0 Å². The second kappa shape index (κ2) is 8.95. The highest BCUT2D eigenvalue weighted by Crippen LogP contribution is 2.09. The maximum atomic E-state index is 11.8. The Hall–Kier alpha value is -2.34. The van der Waals surface area contributed by atoms with Crippen molar-refractivity contribution in [1.82, 2.24) is 10.3 Å². The normalized spacial score (nSPS) is 10.1. The second-order valence-corrected chi connectivity index (χ2v) is 6.03. The van der Waals surface area contributed by atoms with Gasteiger partial charge in [-0.1, -0.05) is 23.8 Å². The quantitative estimate of drug-likeness (QED) is 0.818. The molecule has 5 nitrogen and oxygen atoms in total. The first-order valence-electron chi connectivity index (χ1n) is 7.23. The standard InChI is InChI=1S/C17H19N3O2S/c1-13-4-6-15(7-5-13)20-17(22)12-23-11-16(21)19-10-14-3-2-8-18-9-14/h2-9H,10-12H2,1H3,(H,19,21)(H,20,22). The van der Waals surface area contributed by atoms with E-state index in [1.807, 2.05) is 43.3 Å². The number of nitrogens with one attached hydrogen (secondary N) is 2. The molecule has 23 heavy (non-hydrogen) atoms. The number of hydrogen-bond donors (Lipinski definition) is 2. The first-order valence-corrected chi connectivity index (χ1v) is 8.39. The van der Waals surface area contributed by atoms with Crippen molar-refractivity contribution in [3.05, 3.63) is 59.9 Å². The molecule has 2 rings (SSSR count). The first-order chi connectivity index (χ1) is 11.1. The number of rotatable bonds is 7. The van der Waals surface area contributed by atoms with Crippen LogP contribution in [0.5, 0.6) is 0 Å². The van der Waals surface area contributed by atoms with Crippen molar-refractivity contribution in [2.24, 2.45) is 0 Å². The molecule has 0 aliphatic heterocycles. The maximum Gasteiger partial charge on any atom is 0.234 e. The zero-order chi connectivity index (χ0) is 16.5. The van der Waals surface area contributed by atoms with Crippen LogP contribution < -0.4 is 10.6 Å². The Morgan fingerprint density at radius 3 is 2.52 bits per heavy atom. The summed E-state index contributed by atoms with van der Waals surface area (Å²) >= 11 is 1.29. The number of aryl methyl sites for hydroxylation is 1. The van der Waals surface area contributed by atoms with Crippen LogP contribution >= 0.6 is 11.8 Å². The van der Waals surface area contributed by atoms with Gasteiger partial charge in [0.1, 0.15) is 0 Å². The smallest absolute Gasteiger partial charge is 0.234 e. The summed E-state index contributed by atoms with van der Waals surface area (Å²) in [4.78, 5) is 27.5. The number of benzene rings is 1. The zero-order valence-corrected chi connectivity index (χ0v) is 13.7. The van der Waals surface area contributed by atoms with Crippen molar-refractivity contribution in [1.29, 1.82) is 0 Å². The van der Waals surface area contributed by atoms with Crippen molar-refractivity contribution in [3.8, 4) is 0 Å². The van der Waals surface area contributed by atoms with Gasteiger partial charge in [0.2, 0.25) is 11.8 Å². The number of thioether (sulfide) groups is 1. The lowest BCUT2D eigenvalue weighted by Gasteiger charge is -2.06. The number of carbonyl (C=O) groups is 2. The van der Waals surface area contributed by atoms with E-state index in [0.717, 1.165) is 16.8 Å². The third-order valence-electron chi connectivity index (χ3n) is 3.01. The number of anilines is 1. The summed E-state index contributed by atoms with van der Waals surface area (Å²) in [7, 11) is 0. The van der Waals surface area contributed by atoms with Crippen LogP contribution in [0.4, 0.5) is 5.69 Å². The monoisotopic (exact) mass is 329 g/mol. The predicted molar refractivity (Wildman–Crippen MR) is 93.2 cm³/mol. The third kappa shape index (κ3) is 6.52. The zero-order valence-electron chi connectivity index (χ0n) is 12.9. The summed E-state index contributed by atoms with van der Waals surface area (Å²) in [6, 6.07) is 11.3. The summed E-state index contributed by atoms with van der Waals surface area (Å²) in [5.41, 5.74) is 2.85. The summed E-state index contributed by atoms with van der Waals surface area (Å²) in [6.45, 7) is 2.44. The minimum Gasteiger partial charge on any atom is -0.351 e. The van der Waals surface area contributed by atoms with E-state index in [1.165, 1.54) is 11.8 Å². The molecule has 6 heteroatoms. The molecule has 0 aliphatic rings. The van der Waals surface area contributed by atoms with Gasteiger partial charge in [0.25, 0.3) is 0 Å². The van der Waals surface area contributed by atoms with Crippen LogP contribution in [0.15, 0.2) is 48.8 Å². The van der Waals surface area contributed by atoms with Gasteiger partial charge in [-0.3, -0.25) is 14.6 Å². The Morgan fingerprint density at radius 2 is 1.83 bits per heavy atom. The Labute approximate surface area is 139 Å². The van der Waals surface area contributed by atoms with Gasteiger partial charge in [0.15, 0.2) is 0 Å². The van der Waals surface area contributed by atoms with Crippen LogP contribution in [0.3, 0.4) is 0 Å². The van der Waals surface area contributed by atoms with Crippen LogP contribution in [0, 0.1) is 6.92 Å². The molecule has 0 saturated heterocycles. The van der Waals surface area contributed by atoms with E-state index in [1.54, 1.807) is 12.4 Å². The molecule has 0 saturated carbocycles. The van der Waals surface area contributed by atoms with Gasteiger partial charge in [-0.05, 0) is 30.7 Å². The van der Waals surface area contributed by atoms with Gasteiger partial charge in [-0.15, -0.1) is 11.8 Å². The molecule has 0 bridgehead atoms. The van der Waals surface area contributed by atoms with Crippen molar-refractivity contribution in [2.75, 3.05) is 16.8 Å². The Kier molecular flexibility index (Phi) is 6.62. The molecule has 0 aliphatic carbocycles. The highest BCUT2D eigenvalue weighted by Gasteiger charge is 2.06. The van der Waals surface area contributed by atoms with Gasteiger partial charge < -0.3 is 10.6 Å². The molecule has 0 atom stereocenters. The fraction of sp³-hybridized carbons (Fsp3) is 0.235. The molecule has 0 fully saturated rings. The lowest BCUT2D eigenvalue weighted by molar-refractivity contribution is -0.118.